The molecule has 10 rings (SSSR count). The van der Waals surface area contributed by atoms with Crippen LogP contribution in [0, 0.1) is 36.0 Å². The van der Waals surface area contributed by atoms with Crippen LogP contribution < -0.4 is 31.1 Å². The molecule has 2 atom stereocenters. The van der Waals surface area contributed by atoms with Crippen LogP contribution in [0.1, 0.15) is 89.0 Å². The third-order valence-electron chi connectivity index (χ3n) is 14.1. The number of piperazine rings is 1. The molecule has 3 heterocycles. The van der Waals surface area contributed by atoms with Crippen LogP contribution in [-0.2, 0) is 9.59 Å². The molecule has 4 aromatic rings. The van der Waals surface area contributed by atoms with Gasteiger partial charge in [0.05, 0.1) is 23.9 Å². The molecule has 2 unspecified atom stereocenters. The lowest BCUT2D eigenvalue weighted by Gasteiger charge is -2.36. The summed E-state index contributed by atoms with van der Waals surface area (Å²) in [6.07, 6.45) is 17.2. The molecule has 0 radical (unpaired) electrons. The van der Waals surface area contributed by atoms with Gasteiger partial charge in [0.15, 0.2) is 5.65 Å². The van der Waals surface area contributed by atoms with E-state index in [1.807, 2.05) is 37.3 Å². The standard InChI is InChI=1S/C47H60N8O4/c1-31-22-42(56)55(38-11-9-10-36(26-38)50-44(57)34-12-13-34)43-39(31)30-49-46(52-43)51-40-15-14-37(27-41(40)59-2)54-20-18-53(19-21-54)17-8-6-4-3-5-7-16-48-45(58)47-28-32-23-33(29-47)25-35(47)24-32/h9-11,14-15,22,26-27,30,32-35H,3-8,12-13,16-21,23-25,28-29H2,1-2H3,(H,48,58)(H,50,57)(H,49,51,52). The van der Waals surface area contributed by atoms with E-state index in [0.717, 1.165) is 106 Å². The van der Waals surface area contributed by atoms with Crippen LogP contribution in [0.25, 0.3) is 16.7 Å². The Hall–Kier alpha value is -4.97. The number of fused-ring (bicyclic) bond motifs is 1. The molecule has 2 amide bonds. The number of hydrogen-bond donors (Lipinski definition) is 3. The number of nitrogens with zero attached hydrogens (tertiary/aromatic N) is 5. The Morgan fingerprint density at radius 2 is 1.64 bits per heavy atom. The van der Waals surface area contributed by atoms with Crippen LogP contribution >= 0.6 is 0 Å². The molecular formula is C47H60N8O4. The monoisotopic (exact) mass is 800 g/mol. The highest BCUT2D eigenvalue weighted by Crippen LogP contribution is 2.65. The largest absolute Gasteiger partial charge is 0.494 e. The first kappa shape index (κ1) is 39.5. The Labute approximate surface area is 347 Å². The molecule has 6 fully saturated rings. The molecule has 4 bridgehead atoms. The number of amides is 2. The normalized spacial score (nSPS) is 23.5. The van der Waals surface area contributed by atoms with Crippen molar-refractivity contribution in [2.24, 2.45) is 29.1 Å². The SMILES string of the molecule is COc1cc(N2CCN(CCCCCCCCNC(=O)C34CC5CC(CC3C5)C4)CC2)ccc1Nc1ncc2c(C)cc(=O)n(-c3cccc(NC(=O)C4CC4)c3)c2n1. The van der Waals surface area contributed by atoms with E-state index in [9.17, 15) is 14.4 Å². The molecule has 1 saturated heterocycles. The van der Waals surface area contributed by atoms with E-state index in [0.29, 0.717) is 40.5 Å². The second-order valence-corrected chi connectivity index (χ2v) is 18.2. The van der Waals surface area contributed by atoms with E-state index in [1.165, 1.54) is 51.4 Å². The summed E-state index contributed by atoms with van der Waals surface area (Å²) >= 11 is 0. The number of unbranched alkanes of at least 4 members (excludes halogenated alkanes) is 5. The van der Waals surface area contributed by atoms with Gasteiger partial charge < -0.3 is 25.6 Å². The molecule has 2 aromatic heterocycles. The quantitative estimate of drug-likeness (QED) is 0.0924. The molecule has 2 aromatic carbocycles. The highest BCUT2D eigenvalue weighted by Gasteiger charge is 2.61. The van der Waals surface area contributed by atoms with Crippen molar-refractivity contribution in [2.45, 2.75) is 90.4 Å². The molecule has 6 aliphatic rings. The summed E-state index contributed by atoms with van der Waals surface area (Å²) in [4.78, 5) is 53.5. The summed E-state index contributed by atoms with van der Waals surface area (Å²) in [7, 11) is 1.67. The topological polar surface area (TPSA) is 134 Å². The van der Waals surface area contributed by atoms with Crippen molar-refractivity contribution in [3.05, 3.63) is 70.6 Å². The third-order valence-corrected chi connectivity index (χ3v) is 14.1. The van der Waals surface area contributed by atoms with Gasteiger partial charge in [-0.1, -0.05) is 31.7 Å². The summed E-state index contributed by atoms with van der Waals surface area (Å²) < 4.78 is 7.41. The maximum atomic E-state index is 13.4. The first-order valence-electron chi connectivity index (χ1n) is 22.3. The molecule has 5 saturated carbocycles. The predicted molar refractivity (Wildman–Crippen MR) is 233 cm³/mol. The average Bonchev–Trinajstić information content (AvgIpc) is 4.02. The zero-order valence-electron chi connectivity index (χ0n) is 34.8. The molecule has 0 spiro atoms. The van der Waals surface area contributed by atoms with Crippen molar-refractivity contribution >= 4 is 45.9 Å². The van der Waals surface area contributed by atoms with E-state index >= 15 is 0 Å². The van der Waals surface area contributed by atoms with Crippen molar-refractivity contribution in [1.29, 1.82) is 0 Å². The van der Waals surface area contributed by atoms with E-state index in [-0.39, 0.29) is 22.8 Å². The van der Waals surface area contributed by atoms with Crippen molar-refractivity contribution in [3.8, 4) is 11.4 Å². The van der Waals surface area contributed by atoms with Gasteiger partial charge in [-0.2, -0.15) is 4.98 Å². The lowest BCUT2D eigenvalue weighted by Crippen LogP contribution is -2.46. The second-order valence-electron chi connectivity index (χ2n) is 18.2. The number of nitrogens with one attached hydrogen (secondary N) is 3. The highest BCUT2D eigenvalue weighted by molar-refractivity contribution is 5.94. The van der Waals surface area contributed by atoms with E-state index in [2.05, 4.69) is 42.9 Å². The zero-order valence-corrected chi connectivity index (χ0v) is 34.8. The van der Waals surface area contributed by atoms with Crippen molar-refractivity contribution in [2.75, 3.05) is 61.9 Å². The van der Waals surface area contributed by atoms with Crippen molar-refractivity contribution in [3.63, 3.8) is 0 Å². The predicted octanol–water partition coefficient (Wildman–Crippen LogP) is 7.59. The minimum absolute atomic E-state index is 0.00744. The number of methoxy groups -OCH3 is 1. The molecule has 5 aliphatic carbocycles. The molecule has 312 valence electrons. The van der Waals surface area contributed by atoms with Gasteiger partial charge >= 0.3 is 0 Å². The fourth-order valence-electron chi connectivity index (χ4n) is 10.9. The first-order chi connectivity index (χ1) is 28.8. The molecule has 12 heteroatoms. The van der Waals surface area contributed by atoms with Crippen LogP contribution in [0.4, 0.5) is 23.0 Å². The van der Waals surface area contributed by atoms with Gasteiger partial charge in [-0.05, 0) is 125 Å². The average molecular weight is 801 g/mol. The Morgan fingerprint density at radius 1 is 0.881 bits per heavy atom. The summed E-state index contributed by atoms with van der Waals surface area (Å²) in [5, 5.41) is 10.4. The molecular weight excluding hydrogens is 741 g/mol. The minimum atomic E-state index is -0.215. The molecule has 1 aliphatic heterocycles. The molecule has 12 nitrogen and oxygen atoms in total. The second kappa shape index (κ2) is 17.0. The highest BCUT2D eigenvalue weighted by atomic mass is 16.5. The number of hydrogen-bond acceptors (Lipinski definition) is 9. The smallest absolute Gasteiger partial charge is 0.257 e. The van der Waals surface area contributed by atoms with Gasteiger partial charge in [-0.25, -0.2) is 4.98 Å². The lowest BCUT2D eigenvalue weighted by atomic mass is 9.75. The zero-order chi connectivity index (χ0) is 40.5. The molecule has 59 heavy (non-hydrogen) atoms. The van der Waals surface area contributed by atoms with Gasteiger partial charge in [0, 0.05) is 73.7 Å². The van der Waals surface area contributed by atoms with Crippen molar-refractivity contribution < 1.29 is 14.3 Å². The maximum Gasteiger partial charge on any atom is 0.257 e. The number of benzene rings is 2. The number of aryl methyl sites for hydroxylation is 1. The Bertz CT molecular complexity index is 2230. The van der Waals surface area contributed by atoms with Crippen molar-refractivity contribution in [1.82, 2.24) is 24.8 Å². The maximum absolute atomic E-state index is 13.4. The van der Waals surface area contributed by atoms with E-state index in [4.69, 9.17) is 9.72 Å². The van der Waals surface area contributed by atoms with E-state index in [1.54, 1.807) is 23.9 Å². The number of carbonyl (C=O) groups is 2. The summed E-state index contributed by atoms with van der Waals surface area (Å²) in [5.41, 5.74) is 4.15. The summed E-state index contributed by atoms with van der Waals surface area (Å²) in [6.45, 7) is 7.86. The van der Waals surface area contributed by atoms with Gasteiger partial charge in [0.25, 0.3) is 5.56 Å². The van der Waals surface area contributed by atoms with Gasteiger partial charge in [-0.15, -0.1) is 0 Å². The Balaban J connectivity index is 0.734. The fraction of sp³-hybridized carbons (Fsp3) is 0.553. The van der Waals surface area contributed by atoms with Crippen LogP contribution in [0.3, 0.4) is 0 Å². The van der Waals surface area contributed by atoms with Gasteiger partial charge in [0.1, 0.15) is 5.75 Å². The van der Waals surface area contributed by atoms with Crippen LogP contribution in [0.15, 0.2) is 59.5 Å². The van der Waals surface area contributed by atoms with Gasteiger partial charge in [-0.3, -0.25) is 23.9 Å². The Kier molecular flexibility index (Phi) is 11.3. The number of pyridine rings is 1. The minimum Gasteiger partial charge on any atom is -0.494 e. The third kappa shape index (κ3) is 8.42. The van der Waals surface area contributed by atoms with E-state index < -0.39 is 0 Å². The summed E-state index contributed by atoms with van der Waals surface area (Å²) in [5.74, 6) is 3.83. The molecule has 3 N–H and O–H groups in total. The van der Waals surface area contributed by atoms with Crippen LogP contribution in [-0.4, -0.2) is 77.6 Å². The fourth-order valence-corrected chi connectivity index (χ4v) is 10.9. The first-order valence-corrected chi connectivity index (χ1v) is 22.3. The number of ether oxygens (including phenoxy) is 1. The van der Waals surface area contributed by atoms with Crippen LogP contribution in [0.2, 0.25) is 0 Å². The van der Waals surface area contributed by atoms with Gasteiger partial charge in [0.2, 0.25) is 17.8 Å². The number of carbonyl (C=O) groups excluding carboxylic acids is 2. The summed E-state index contributed by atoms with van der Waals surface area (Å²) in [6, 6.07) is 15.1. The number of aromatic nitrogens is 3. The number of rotatable bonds is 17. The Morgan fingerprint density at radius 3 is 2.41 bits per heavy atom. The van der Waals surface area contributed by atoms with Crippen LogP contribution in [0.5, 0.6) is 5.75 Å². The number of anilines is 4. The lowest BCUT2D eigenvalue weighted by molar-refractivity contribution is -0.132.